The Hall–Kier alpha value is -3.10. The van der Waals surface area contributed by atoms with Crippen molar-refractivity contribution < 1.29 is 23.8 Å². The third kappa shape index (κ3) is 4.00. The quantitative estimate of drug-likeness (QED) is 0.576. The fourth-order valence-electron chi connectivity index (χ4n) is 0.957. The van der Waals surface area contributed by atoms with Crippen molar-refractivity contribution in [1.29, 1.82) is 0 Å². The van der Waals surface area contributed by atoms with Crippen molar-refractivity contribution in [2.24, 2.45) is 0 Å². The lowest BCUT2D eigenvalue weighted by molar-refractivity contribution is 0.0875. The Bertz CT molecular complexity index is 511. The van der Waals surface area contributed by atoms with Crippen molar-refractivity contribution in [2.75, 3.05) is 0 Å². The summed E-state index contributed by atoms with van der Waals surface area (Å²) in [5.41, 5.74) is 0. The molecule has 2 rings (SSSR count). The van der Waals surface area contributed by atoms with Crippen LogP contribution in [0.1, 0.15) is 0 Å². The summed E-state index contributed by atoms with van der Waals surface area (Å²) in [5, 5.41) is 0. The fourth-order valence-corrected chi connectivity index (χ4v) is 0.957. The van der Waals surface area contributed by atoms with Gasteiger partial charge in [-0.05, 0) is 0 Å². The highest BCUT2D eigenvalue weighted by Crippen LogP contribution is 2.05. The number of carbonyl (C=O) groups is 2. The van der Waals surface area contributed by atoms with Crippen molar-refractivity contribution in [3.8, 4) is 11.8 Å². The molecule has 0 amide bonds. The molecular weight excluding hydrogens is 256 g/mol. The van der Waals surface area contributed by atoms with Crippen LogP contribution in [0.2, 0.25) is 0 Å². The zero-order valence-corrected chi connectivity index (χ0v) is 9.29. The average Bonchev–Trinajstić information content (AvgIpc) is 2.40. The first-order valence-corrected chi connectivity index (χ1v) is 4.87. The van der Waals surface area contributed by atoms with Crippen LogP contribution < -0.4 is 9.47 Å². The van der Waals surface area contributed by atoms with Gasteiger partial charge in [-0.1, -0.05) is 0 Å². The van der Waals surface area contributed by atoms with Gasteiger partial charge < -0.3 is 14.2 Å². The van der Waals surface area contributed by atoms with Crippen molar-refractivity contribution >= 4 is 12.3 Å². The lowest BCUT2D eigenvalue weighted by Gasteiger charge is -2.03. The summed E-state index contributed by atoms with van der Waals surface area (Å²) < 4.78 is 13.3. The molecule has 9 heteroatoms. The van der Waals surface area contributed by atoms with Crippen LogP contribution in [0, 0.1) is 0 Å². The zero-order valence-electron chi connectivity index (χ0n) is 9.29. The largest absolute Gasteiger partial charge is 0.525 e. The number of carbonyl (C=O) groups excluding carboxylic acids is 2. The number of hydrogen-bond acceptors (Lipinski definition) is 9. The predicted octanol–water partition coefficient (Wildman–Crippen LogP) is 0.981. The molecule has 0 saturated carbocycles. The molecule has 0 saturated heterocycles. The van der Waals surface area contributed by atoms with Gasteiger partial charge in [0, 0.05) is 24.8 Å². The molecule has 0 fully saturated rings. The van der Waals surface area contributed by atoms with Crippen molar-refractivity contribution in [3.63, 3.8) is 0 Å². The second kappa shape index (κ2) is 6.00. The molecule has 2 heterocycles. The number of ether oxygens (including phenoxy) is 3. The third-order valence-corrected chi connectivity index (χ3v) is 1.62. The lowest BCUT2D eigenvalue weighted by Crippen LogP contribution is -2.20. The number of hydrogen-bond donors (Lipinski definition) is 0. The SMILES string of the molecule is O=C(OC(=O)Oc1cnccn1)Oc1cnccn1. The van der Waals surface area contributed by atoms with Crippen LogP contribution in [0.5, 0.6) is 11.8 Å². The van der Waals surface area contributed by atoms with Crippen LogP contribution in [-0.4, -0.2) is 32.2 Å². The Balaban J connectivity index is 1.84. The Kier molecular flexibility index (Phi) is 3.90. The third-order valence-electron chi connectivity index (χ3n) is 1.62. The van der Waals surface area contributed by atoms with Gasteiger partial charge in [0.15, 0.2) is 0 Å². The Morgan fingerprint density at radius 3 is 1.63 bits per heavy atom. The van der Waals surface area contributed by atoms with Gasteiger partial charge >= 0.3 is 12.3 Å². The zero-order chi connectivity index (χ0) is 13.5. The predicted molar refractivity (Wildman–Crippen MR) is 57.2 cm³/mol. The summed E-state index contributed by atoms with van der Waals surface area (Å²) >= 11 is 0. The van der Waals surface area contributed by atoms with Crippen LogP contribution in [0.25, 0.3) is 0 Å². The highest BCUT2D eigenvalue weighted by atomic mass is 16.8. The molecule has 96 valence electrons. The smallest absolute Gasteiger partial charge is 0.374 e. The first kappa shape index (κ1) is 12.4. The minimum atomic E-state index is -1.30. The molecule has 0 aliphatic carbocycles. The van der Waals surface area contributed by atoms with Gasteiger partial charge in [-0.25, -0.2) is 19.6 Å². The van der Waals surface area contributed by atoms with E-state index in [9.17, 15) is 9.59 Å². The maximum atomic E-state index is 11.2. The van der Waals surface area contributed by atoms with E-state index in [0.29, 0.717) is 0 Å². The van der Waals surface area contributed by atoms with E-state index in [1.165, 1.54) is 37.2 Å². The summed E-state index contributed by atoms with van der Waals surface area (Å²) in [6.07, 6.45) is 5.15. The van der Waals surface area contributed by atoms with E-state index < -0.39 is 12.3 Å². The monoisotopic (exact) mass is 262 g/mol. The molecule has 2 aromatic rings. The van der Waals surface area contributed by atoms with Gasteiger partial charge in [-0.3, -0.25) is 9.97 Å². The molecule has 2 aromatic heterocycles. The number of nitrogens with zero attached hydrogens (tertiary/aromatic N) is 4. The molecule has 0 spiro atoms. The second-order valence-electron chi connectivity index (χ2n) is 2.89. The minimum Gasteiger partial charge on any atom is -0.374 e. The van der Waals surface area contributed by atoms with E-state index in [1.54, 1.807) is 0 Å². The van der Waals surface area contributed by atoms with Crippen molar-refractivity contribution in [1.82, 2.24) is 19.9 Å². The highest BCUT2D eigenvalue weighted by Gasteiger charge is 2.16. The summed E-state index contributed by atoms with van der Waals surface area (Å²) in [6, 6.07) is 0. The summed E-state index contributed by atoms with van der Waals surface area (Å²) in [5.74, 6) is -0.223. The van der Waals surface area contributed by atoms with Crippen LogP contribution in [0.4, 0.5) is 9.59 Å². The lowest BCUT2D eigenvalue weighted by atomic mass is 10.7. The summed E-state index contributed by atoms with van der Waals surface area (Å²) in [6.45, 7) is 0. The van der Waals surface area contributed by atoms with E-state index in [-0.39, 0.29) is 11.8 Å². The second-order valence-corrected chi connectivity index (χ2v) is 2.89. The highest BCUT2D eigenvalue weighted by molar-refractivity contribution is 5.79. The van der Waals surface area contributed by atoms with Gasteiger partial charge in [0.2, 0.25) is 11.8 Å². The summed E-state index contributed by atoms with van der Waals surface area (Å²) in [7, 11) is 0. The van der Waals surface area contributed by atoms with Crippen LogP contribution >= 0.6 is 0 Å². The van der Waals surface area contributed by atoms with E-state index in [1.807, 2.05) is 0 Å². The number of rotatable bonds is 2. The van der Waals surface area contributed by atoms with Gasteiger partial charge in [0.05, 0.1) is 12.4 Å². The first-order valence-electron chi connectivity index (χ1n) is 4.87. The van der Waals surface area contributed by atoms with Crippen molar-refractivity contribution in [2.45, 2.75) is 0 Å². The van der Waals surface area contributed by atoms with Crippen molar-refractivity contribution in [3.05, 3.63) is 37.2 Å². The topological polar surface area (TPSA) is 113 Å². The molecule has 0 aliphatic heterocycles. The van der Waals surface area contributed by atoms with E-state index >= 15 is 0 Å². The molecule has 0 unspecified atom stereocenters. The Morgan fingerprint density at radius 2 is 1.26 bits per heavy atom. The molecule has 0 bridgehead atoms. The molecule has 0 aliphatic rings. The minimum absolute atomic E-state index is 0.111. The molecule has 9 nitrogen and oxygen atoms in total. The maximum absolute atomic E-state index is 11.2. The molecular formula is C10H6N4O5. The first-order chi connectivity index (χ1) is 9.24. The van der Waals surface area contributed by atoms with Gasteiger partial charge in [-0.2, -0.15) is 0 Å². The van der Waals surface area contributed by atoms with Gasteiger partial charge in [-0.15, -0.1) is 0 Å². The van der Waals surface area contributed by atoms with E-state index in [4.69, 9.17) is 0 Å². The standard InChI is InChI=1S/C10H6N4O5/c15-9(17-7-5-11-1-3-13-7)19-10(16)18-8-6-12-2-4-14-8/h1-6H. The number of aromatic nitrogens is 4. The van der Waals surface area contributed by atoms with Crippen LogP contribution in [0.15, 0.2) is 37.2 Å². The normalized spacial score (nSPS) is 9.47. The van der Waals surface area contributed by atoms with E-state index in [2.05, 4.69) is 34.1 Å². The van der Waals surface area contributed by atoms with Gasteiger partial charge in [0.25, 0.3) is 0 Å². The summed E-state index contributed by atoms with van der Waals surface area (Å²) in [4.78, 5) is 36.9. The molecule has 0 aromatic carbocycles. The maximum Gasteiger partial charge on any atom is 0.525 e. The Morgan fingerprint density at radius 1 is 0.789 bits per heavy atom. The van der Waals surface area contributed by atoms with Crippen LogP contribution in [0.3, 0.4) is 0 Å². The molecule has 19 heavy (non-hydrogen) atoms. The fraction of sp³-hybridized carbons (Fsp3) is 0. The molecule has 0 N–H and O–H groups in total. The van der Waals surface area contributed by atoms with E-state index in [0.717, 1.165) is 0 Å². The molecule has 0 atom stereocenters. The molecule has 0 radical (unpaired) electrons. The van der Waals surface area contributed by atoms with Gasteiger partial charge in [0.1, 0.15) is 0 Å². The Labute approximate surface area is 106 Å². The van der Waals surface area contributed by atoms with Crippen LogP contribution in [-0.2, 0) is 4.74 Å². The average molecular weight is 262 g/mol.